The summed E-state index contributed by atoms with van der Waals surface area (Å²) in [5.74, 6) is 0.543. The van der Waals surface area contributed by atoms with E-state index >= 15 is 0 Å². The van der Waals surface area contributed by atoms with Crippen molar-refractivity contribution in [1.29, 1.82) is 0 Å². The Labute approximate surface area is 191 Å². The van der Waals surface area contributed by atoms with Gasteiger partial charge in [0.2, 0.25) is 0 Å². The molecule has 0 radical (unpaired) electrons. The van der Waals surface area contributed by atoms with Crippen LogP contribution < -0.4 is 0 Å². The lowest BCUT2D eigenvalue weighted by molar-refractivity contribution is 0.604. The first-order valence-electron chi connectivity index (χ1n) is 9.86. The number of H-pyrrole nitrogens is 2. The number of hydrogen-bond donors (Lipinski definition) is 2. The molecular weight excluding hydrogens is 460 g/mol. The Morgan fingerprint density at radius 1 is 1.00 bits per heavy atom. The van der Waals surface area contributed by atoms with Gasteiger partial charge in [-0.15, -0.1) is 11.3 Å². The van der Waals surface area contributed by atoms with Gasteiger partial charge >= 0.3 is 0 Å². The standard InChI is InChI=1S/C21H16N8O2S2/c1-29-10-11(9-23-29)12-3-4-14-18(24-12)20(28-27-14)21-25-13-7-8-22-19(17(13)26-21)15-5-6-16(32-15)33(2,30)31/h3-10H,1-2H3,(H,25,26)(H,27,28). The molecule has 0 unspecified atom stereocenters. The number of sulfone groups is 1. The van der Waals surface area contributed by atoms with Gasteiger partial charge in [0.25, 0.3) is 0 Å². The molecule has 0 bridgehead atoms. The quantitative estimate of drug-likeness (QED) is 0.398. The number of aryl methyl sites for hydroxylation is 1. The average Bonchev–Trinajstić information content (AvgIpc) is 3.56. The number of hydrogen-bond acceptors (Lipinski definition) is 8. The second-order valence-corrected chi connectivity index (χ2v) is 10.9. The highest BCUT2D eigenvalue weighted by Crippen LogP contribution is 2.34. The van der Waals surface area contributed by atoms with Gasteiger partial charge in [0.1, 0.15) is 20.9 Å². The second-order valence-electron chi connectivity index (χ2n) is 7.60. The third-order valence-corrected chi connectivity index (χ3v) is 8.13. The van der Waals surface area contributed by atoms with Crippen molar-refractivity contribution in [3.05, 3.63) is 48.9 Å². The van der Waals surface area contributed by atoms with Crippen LogP contribution >= 0.6 is 11.3 Å². The zero-order valence-electron chi connectivity index (χ0n) is 17.4. The van der Waals surface area contributed by atoms with E-state index in [-0.39, 0.29) is 4.21 Å². The predicted molar refractivity (Wildman–Crippen MR) is 125 cm³/mol. The molecule has 164 valence electrons. The Balaban J connectivity index is 1.49. The topological polar surface area (TPSA) is 135 Å². The number of pyridine rings is 2. The van der Waals surface area contributed by atoms with Crippen LogP contribution in [0, 0.1) is 0 Å². The van der Waals surface area contributed by atoms with Crippen LogP contribution in [0.2, 0.25) is 0 Å². The summed E-state index contributed by atoms with van der Waals surface area (Å²) < 4.78 is 25.8. The van der Waals surface area contributed by atoms with Crippen molar-refractivity contribution in [2.24, 2.45) is 7.05 Å². The lowest BCUT2D eigenvalue weighted by atomic mass is 10.2. The van der Waals surface area contributed by atoms with Crippen LogP contribution in [0.3, 0.4) is 0 Å². The monoisotopic (exact) mass is 476 g/mol. The number of fused-ring (bicyclic) bond motifs is 2. The molecule has 0 spiro atoms. The van der Waals surface area contributed by atoms with E-state index in [4.69, 9.17) is 9.97 Å². The number of imidazole rings is 1. The number of aromatic amines is 2. The van der Waals surface area contributed by atoms with Crippen molar-refractivity contribution in [3.8, 4) is 33.3 Å². The maximum atomic E-state index is 11.9. The fourth-order valence-corrected chi connectivity index (χ4v) is 5.58. The van der Waals surface area contributed by atoms with Crippen LogP contribution in [0.1, 0.15) is 0 Å². The number of rotatable bonds is 4. The normalized spacial score (nSPS) is 12.2. The van der Waals surface area contributed by atoms with Crippen molar-refractivity contribution < 1.29 is 8.42 Å². The fraction of sp³-hybridized carbons (Fsp3) is 0.0952. The second kappa shape index (κ2) is 7.05. The first-order chi connectivity index (χ1) is 15.9. The molecule has 12 heteroatoms. The summed E-state index contributed by atoms with van der Waals surface area (Å²) in [4.78, 5) is 18.0. The van der Waals surface area contributed by atoms with Gasteiger partial charge in [-0.3, -0.25) is 14.8 Å². The zero-order valence-corrected chi connectivity index (χ0v) is 19.1. The number of thiophene rings is 1. The molecule has 33 heavy (non-hydrogen) atoms. The van der Waals surface area contributed by atoms with E-state index in [0.717, 1.165) is 27.2 Å². The predicted octanol–water partition coefficient (Wildman–Crippen LogP) is 3.43. The average molecular weight is 477 g/mol. The molecular formula is C21H16N8O2S2. The largest absolute Gasteiger partial charge is 0.336 e. The van der Waals surface area contributed by atoms with E-state index in [0.29, 0.717) is 28.2 Å². The van der Waals surface area contributed by atoms with Gasteiger partial charge in [0.05, 0.1) is 27.8 Å². The van der Waals surface area contributed by atoms with Gasteiger partial charge in [0, 0.05) is 31.3 Å². The highest BCUT2D eigenvalue weighted by atomic mass is 32.2. The molecule has 6 aromatic rings. The highest BCUT2D eigenvalue weighted by Gasteiger charge is 2.19. The van der Waals surface area contributed by atoms with Crippen molar-refractivity contribution in [3.63, 3.8) is 0 Å². The summed E-state index contributed by atoms with van der Waals surface area (Å²) in [6.07, 6.45) is 6.53. The lowest BCUT2D eigenvalue weighted by Crippen LogP contribution is -1.91. The Morgan fingerprint density at radius 2 is 1.85 bits per heavy atom. The maximum Gasteiger partial charge on any atom is 0.184 e. The third kappa shape index (κ3) is 3.31. The smallest absolute Gasteiger partial charge is 0.184 e. The minimum atomic E-state index is -3.29. The molecule has 2 N–H and O–H groups in total. The van der Waals surface area contributed by atoms with E-state index in [2.05, 4.69) is 25.3 Å². The summed E-state index contributed by atoms with van der Waals surface area (Å²) >= 11 is 1.17. The Morgan fingerprint density at radius 3 is 2.61 bits per heavy atom. The Kier molecular flexibility index (Phi) is 4.22. The molecule has 0 atom stereocenters. The van der Waals surface area contributed by atoms with E-state index in [1.165, 1.54) is 17.6 Å². The molecule has 0 aliphatic heterocycles. The molecule has 0 aromatic carbocycles. The highest BCUT2D eigenvalue weighted by molar-refractivity contribution is 7.92. The number of nitrogens with zero attached hydrogens (tertiary/aromatic N) is 6. The van der Waals surface area contributed by atoms with Crippen LogP contribution in [0.5, 0.6) is 0 Å². The van der Waals surface area contributed by atoms with Gasteiger partial charge in [0.15, 0.2) is 21.4 Å². The molecule has 6 rings (SSSR count). The van der Waals surface area contributed by atoms with Crippen LogP contribution in [0.4, 0.5) is 0 Å². The fourth-order valence-electron chi connectivity index (χ4n) is 3.65. The van der Waals surface area contributed by atoms with Crippen LogP contribution in [-0.4, -0.2) is 54.6 Å². The molecule has 10 nitrogen and oxygen atoms in total. The molecule has 6 aromatic heterocycles. The molecule has 0 saturated carbocycles. The van der Waals surface area contributed by atoms with Crippen LogP contribution in [-0.2, 0) is 16.9 Å². The van der Waals surface area contributed by atoms with E-state index < -0.39 is 9.84 Å². The SMILES string of the molecule is Cn1cc(-c2ccc3[nH]nc(-c4nc5c(-c6ccc(S(C)(=O)=O)s6)nccc5[nH]4)c3n2)cn1. The zero-order chi connectivity index (χ0) is 22.7. The van der Waals surface area contributed by atoms with E-state index in [1.54, 1.807) is 29.2 Å². The van der Waals surface area contributed by atoms with Crippen molar-refractivity contribution >= 4 is 43.2 Å². The number of nitrogens with one attached hydrogen (secondary N) is 2. The summed E-state index contributed by atoms with van der Waals surface area (Å²) in [6, 6.07) is 9.01. The molecule has 0 saturated heterocycles. The first-order valence-corrected chi connectivity index (χ1v) is 12.6. The Bertz CT molecular complexity index is 1770. The molecule has 0 amide bonds. The number of aromatic nitrogens is 8. The molecule has 0 aliphatic rings. The van der Waals surface area contributed by atoms with Crippen molar-refractivity contribution in [2.45, 2.75) is 4.21 Å². The molecule has 6 heterocycles. The maximum absolute atomic E-state index is 11.9. The summed E-state index contributed by atoms with van der Waals surface area (Å²) in [5.41, 5.74) is 5.75. The third-order valence-electron chi connectivity index (χ3n) is 5.21. The lowest BCUT2D eigenvalue weighted by Gasteiger charge is -1.98. The summed E-state index contributed by atoms with van der Waals surface area (Å²) in [7, 11) is -1.43. The van der Waals surface area contributed by atoms with Gasteiger partial charge < -0.3 is 4.98 Å². The van der Waals surface area contributed by atoms with Gasteiger partial charge in [-0.2, -0.15) is 10.2 Å². The van der Waals surface area contributed by atoms with Crippen LogP contribution in [0.25, 0.3) is 55.4 Å². The van der Waals surface area contributed by atoms with Crippen LogP contribution in [0.15, 0.2) is 53.1 Å². The van der Waals surface area contributed by atoms with Gasteiger partial charge in [-0.1, -0.05) is 0 Å². The van der Waals surface area contributed by atoms with Crippen molar-refractivity contribution in [2.75, 3.05) is 6.26 Å². The van der Waals surface area contributed by atoms with Gasteiger partial charge in [-0.05, 0) is 30.3 Å². The Hall–Kier alpha value is -3.90. The minimum Gasteiger partial charge on any atom is -0.336 e. The first kappa shape index (κ1) is 19.8. The van der Waals surface area contributed by atoms with E-state index in [9.17, 15) is 8.42 Å². The van der Waals surface area contributed by atoms with Gasteiger partial charge in [-0.25, -0.2) is 18.4 Å². The summed E-state index contributed by atoms with van der Waals surface area (Å²) in [6.45, 7) is 0. The molecule has 0 fully saturated rings. The summed E-state index contributed by atoms with van der Waals surface area (Å²) in [5, 5.41) is 11.7. The molecule has 0 aliphatic carbocycles. The minimum absolute atomic E-state index is 0.289. The van der Waals surface area contributed by atoms with E-state index in [1.807, 2.05) is 31.4 Å². The van der Waals surface area contributed by atoms with Crippen molar-refractivity contribution in [1.82, 2.24) is 39.9 Å².